The summed E-state index contributed by atoms with van der Waals surface area (Å²) in [5, 5.41) is 8.45. The molecule has 1 fully saturated rings. The molecule has 1 aliphatic rings. The van der Waals surface area contributed by atoms with Crippen LogP contribution in [0, 0.1) is 0 Å². The second-order valence-electron chi connectivity index (χ2n) is 5.59. The fourth-order valence-corrected chi connectivity index (χ4v) is 3.06. The minimum absolute atomic E-state index is 0.567. The Hall–Kier alpha value is -1.68. The molecule has 4 heteroatoms. The summed E-state index contributed by atoms with van der Waals surface area (Å²) in [6.45, 7) is 0.692. The molecule has 4 nitrogen and oxygen atoms in total. The number of hydrogen-bond donors (Lipinski definition) is 1. The van der Waals surface area contributed by atoms with Crippen LogP contribution in [0.25, 0.3) is 11.4 Å². The van der Waals surface area contributed by atoms with Crippen LogP contribution in [0.1, 0.15) is 43.7 Å². The van der Waals surface area contributed by atoms with Crippen LogP contribution in [0.5, 0.6) is 0 Å². The number of hydrogen-bond acceptors (Lipinski definition) is 3. The highest BCUT2D eigenvalue weighted by Gasteiger charge is 2.19. The van der Waals surface area contributed by atoms with E-state index in [-0.39, 0.29) is 0 Å². The van der Waals surface area contributed by atoms with Crippen LogP contribution < -0.4 is 5.73 Å². The third-order valence-corrected chi connectivity index (χ3v) is 4.19. The monoisotopic (exact) mass is 270 g/mol. The van der Waals surface area contributed by atoms with Gasteiger partial charge in [0.05, 0.1) is 0 Å². The van der Waals surface area contributed by atoms with Gasteiger partial charge in [0.2, 0.25) is 0 Å². The van der Waals surface area contributed by atoms with Crippen LogP contribution in [0.3, 0.4) is 0 Å². The zero-order valence-corrected chi connectivity index (χ0v) is 11.8. The fourth-order valence-electron chi connectivity index (χ4n) is 3.06. The first-order valence-electron chi connectivity index (χ1n) is 7.57. The molecular weight excluding hydrogens is 248 g/mol. The Balaban J connectivity index is 1.84. The van der Waals surface area contributed by atoms with Crippen molar-refractivity contribution >= 4 is 0 Å². The second kappa shape index (κ2) is 6.18. The molecule has 2 N–H and O–H groups in total. The fraction of sp³-hybridized carbons (Fsp3) is 0.500. The Kier molecular flexibility index (Phi) is 4.11. The van der Waals surface area contributed by atoms with Gasteiger partial charge in [0.1, 0.15) is 6.33 Å². The molecule has 1 aromatic heterocycles. The molecule has 0 unspecified atom stereocenters. The molecule has 1 aliphatic carbocycles. The minimum atomic E-state index is 0.567. The van der Waals surface area contributed by atoms with E-state index in [1.165, 1.54) is 37.7 Å². The Labute approximate surface area is 120 Å². The van der Waals surface area contributed by atoms with Crippen molar-refractivity contribution in [2.24, 2.45) is 5.73 Å². The predicted molar refractivity (Wildman–Crippen MR) is 80.3 cm³/mol. The number of rotatable bonds is 4. The molecule has 1 saturated carbocycles. The molecule has 0 bridgehead atoms. The largest absolute Gasteiger partial charge is 0.330 e. The zero-order valence-electron chi connectivity index (χ0n) is 11.8. The molecule has 0 amide bonds. The number of nitrogens with two attached hydrogens (primary N) is 1. The third kappa shape index (κ3) is 2.75. The van der Waals surface area contributed by atoms with Gasteiger partial charge in [-0.25, -0.2) is 0 Å². The van der Waals surface area contributed by atoms with E-state index < -0.39 is 0 Å². The van der Waals surface area contributed by atoms with Crippen molar-refractivity contribution in [3.63, 3.8) is 0 Å². The zero-order chi connectivity index (χ0) is 13.8. The van der Waals surface area contributed by atoms with Gasteiger partial charge in [0.15, 0.2) is 5.82 Å². The van der Waals surface area contributed by atoms with Crippen LogP contribution in [0.15, 0.2) is 30.6 Å². The summed E-state index contributed by atoms with van der Waals surface area (Å²) in [5.41, 5.74) is 8.01. The third-order valence-electron chi connectivity index (χ3n) is 4.19. The molecule has 0 spiro atoms. The van der Waals surface area contributed by atoms with Gasteiger partial charge in [0, 0.05) is 11.6 Å². The van der Waals surface area contributed by atoms with Crippen molar-refractivity contribution in [2.75, 3.05) is 6.54 Å². The van der Waals surface area contributed by atoms with Crippen molar-refractivity contribution in [3.05, 3.63) is 36.2 Å². The Bertz CT molecular complexity index is 538. The molecule has 0 saturated heterocycles. The van der Waals surface area contributed by atoms with E-state index in [1.54, 1.807) is 0 Å². The Morgan fingerprint density at radius 1 is 1.10 bits per heavy atom. The van der Waals surface area contributed by atoms with E-state index in [2.05, 4.69) is 39.0 Å². The van der Waals surface area contributed by atoms with E-state index in [9.17, 15) is 0 Å². The van der Waals surface area contributed by atoms with Crippen molar-refractivity contribution < 1.29 is 0 Å². The van der Waals surface area contributed by atoms with Crippen LogP contribution in [-0.2, 0) is 6.42 Å². The van der Waals surface area contributed by atoms with Gasteiger partial charge in [-0.3, -0.25) is 0 Å². The lowest BCUT2D eigenvalue weighted by Gasteiger charge is -2.24. The molecule has 1 aromatic carbocycles. The molecule has 0 aliphatic heterocycles. The summed E-state index contributed by atoms with van der Waals surface area (Å²) in [4.78, 5) is 0. The normalized spacial score (nSPS) is 16.4. The van der Waals surface area contributed by atoms with Gasteiger partial charge in [-0.2, -0.15) is 0 Å². The highest BCUT2D eigenvalue weighted by atomic mass is 15.3. The summed E-state index contributed by atoms with van der Waals surface area (Å²) in [7, 11) is 0. The van der Waals surface area contributed by atoms with Crippen molar-refractivity contribution in [1.82, 2.24) is 14.8 Å². The minimum Gasteiger partial charge on any atom is -0.330 e. The smallest absolute Gasteiger partial charge is 0.163 e. The van der Waals surface area contributed by atoms with E-state index in [1.807, 2.05) is 6.33 Å². The molecule has 106 valence electrons. The van der Waals surface area contributed by atoms with Gasteiger partial charge in [-0.05, 0) is 31.4 Å². The van der Waals surface area contributed by atoms with Crippen molar-refractivity contribution in [3.8, 4) is 11.4 Å². The van der Waals surface area contributed by atoms with Gasteiger partial charge >= 0.3 is 0 Å². The van der Waals surface area contributed by atoms with E-state index >= 15 is 0 Å². The van der Waals surface area contributed by atoms with E-state index in [0.717, 1.165) is 17.8 Å². The first-order chi connectivity index (χ1) is 9.88. The highest BCUT2D eigenvalue weighted by molar-refractivity contribution is 5.55. The van der Waals surface area contributed by atoms with Gasteiger partial charge in [-0.15, -0.1) is 10.2 Å². The average molecular weight is 270 g/mol. The quantitative estimate of drug-likeness (QED) is 0.929. The summed E-state index contributed by atoms with van der Waals surface area (Å²) in [6, 6.07) is 9.12. The van der Waals surface area contributed by atoms with Gasteiger partial charge in [-0.1, -0.05) is 43.5 Å². The maximum Gasteiger partial charge on any atom is 0.163 e. The summed E-state index contributed by atoms with van der Waals surface area (Å²) < 4.78 is 2.26. The first-order valence-corrected chi connectivity index (χ1v) is 7.57. The standard InChI is InChI=1S/C16H22N4/c17-11-10-13-6-8-14(9-7-13)16-19-18-12-20(16)15-4-2-1-3-5-15/h6-9,12,15H,1-5,10-11,17H2. The van der Waals surface area contributed by atoms with Gasteiger partial charge in [0.25, 0.3) is 0 Å². The lowest BCUT2D eigenvalue weighted by molar-refractivity contribution is 0.355. The Morgan fingerprint density at radius 3 is 2.55 bits per heavy atom. The molecule has 0 radical (unpaired) electrons. The van der Waals surface area contributed by atoms with Crippen molar-refractivity contribution in [2.45, 2.75) is 44.6 Å². The molecule has 2 aromatic rings. The lowest BCUT2D eigenvalue weighted by Crippen LogP contribution is -2.13. The van der Waals surface area contributed by atoms with Crippen LogP contribution in [0.4, 0.5) is 0 Å². The van der Waals surface area contributed by atoms with E-state index in [0.29, 0.717) is 12.6 Å². The number of aromatic nitrogens is 3. The van der Waals surface area contributed by atoms with Crippen LogP contribution in [-0.4, -0.2) is 21.3 Å². The lowest BCUT2D eigenvalue weighted by atomic mass is 9.95. The summed E-state index contributed by atoms with van der Waals surface area (Å²) in [6.07, 6.45) is 9.30. The predicted octanol–water partition coefficient (Wildman–Crippen LogP) is 2.95. The second-order valence-corrected chi connectivity index (χ2v) is 5.59. The molecular formula is C16H22N4. The Morgan fingerprint density at radius 2 is 1.85 bits per heavy atom. The molecule has 20 heavy (non-hydrogen) atoms. The number of benzene rings is 1. The number of nitrogens with zero attached hydrogens (tertiary/aromatic N) is 3. The van der Waals surface area contributed by atoms with Crippen LogP contribution >= 0.6 is 0 Å². The maximum absolute atomic E-state index is 5.59. The van der Waals surface area contributed by atoms with Gasteiger partial charge < -0.3 is 10.3 Å². The van der Waals surface area contributed by atoms with E-state index in [4.69, 9.17) is 5.73 Å². The average Bonchev–Trinajstić information content (AvgIpc) is 2.99. The SMILES string of the molecule is NCCc1ccc(-c2nncn2C2CCCCC2)cc1. The summed E-state index contributed by atoms with van der Waals surface area (Å²) in [5.74, 6) is 0.996. The maximum atomic E-state index is 5.59. The summed E-state index contributed by atoms with van der Waals surface area (Å²) >= 11 is 0. The first kappa shape index (κ1) is 13.3. The van der Waals surface area contributed by atoms with Crippen LogP contribution in [0.2, 0.25) is 0 Å². The highest BCUT2D eigenvalue weighted by Crippen LogP contribution is 2.31. The molecule has 3 rings (SSSR count). The molecule has 0 atom stereocenters. The van der Waals surface area contributed by atoms with Crippen molar-refractivity contribution in [1.29, 1.82) is 0 Å². The molecule has 1 heterocycles. The topological polar surface area (TPSA) is 56.7 Å².